The summed E-state index contributed by atoms with van der Waals surface area (Å²) < 4.78 is 4.92. The average molecular weight is 277 g/mol. The van der Waals surface area contributed by atoms with Crippen molar-refractivity contribution in [3.8, 4) is 0 Å². The molecule has 5 heteroatoms. The topological polar surface area (TPSA) is 9.23 Å². The Morgan fingerprint density at radius 3 is 2.31 bits per heavy atom. The molecule has 0 aliphatic heterocycles. The summed E-state index contributed by atoms with van der Waals surface area (Å²) in [5, 5.41) is 0. The van der Waals surface area contributed by atoms with Crippen LogP contribution in [0.2, 0.25) is 0 Å². The third-order valence-electron chi connectivity index (χ3n) is 1.33. The van der Waals surface area contributed by atoms with Gasteiger partial charge in [0.05, 0.1) is 0 Å². The molecule has 0 heterocycles. The fraction of sp³-hybridized carbons (Fsp3) is 0.375. The van der Waals surface area contributed by atoms with Crippen molar-refractivity contribution in [1.82, 2.24) is 0 Å². The normalized spacial score (nSPS) is 13.4. The van der Waals surface area contributed by atoms with Crippen LogP contribution in [0.4, 0.5) is 0 Å². The molecule has 0 aromatic rings. The predicted octanol–water partition coefficient (Wildman–Crippen LogP) is 3.79. The molecule has 1 aliphatic carbocycles. The number of hydrogen-bond donors (Lipinski definition) is 0. The minimum atomic E-state index is -1.92. The SMILES string of the molecule is COCCC1=CC=C[CH]1.[Cl][Ti]([Cl])[Cl]. The number of rotatable bonds is 3. The summed E-state index contributed by atoms with van der Waals surface area (Å²) in [6, 6.07) is 0. The summed E-state index contributed by atoms with van der Waals surface area (Å²) in [4.78, 5) is 0. The van der Waals surface area contributed by atoms with Gasteiger partial charge in [-0.1, -0.05) is 23.8 Å². The second-order valence-electron chi connectivity index (χ2n) is 2.25. The summed E-state index contributed by atoms with van der Waals surface area (Å²) in [6.45, 7) is 0.823. The molecule has 1 nitrogen and oxygen atoms in total. The van der Waals surface area contributed by atoms with Gasteiger partial charge >= 0.3 is 42.6 Å². The minimum absolute atomic E-state index is 0.823. The fourth-order valence-electron chi connectivity index (χ4n) is 0.800. The summed E-state index contributed by atoms with van der Waals surface area (Å²) in [7, 11) is 16.6. The van der Waals surface area contributed by atoms with Crippen LogP contribution >= 0.6 is 27.9 Å². The van der Waals surface area contributed by atoms with E-state index in [1.807, 2.05) is 12.2 Å². The van der Waals surface area contributed by atoms with E-state index in [0.29, 0.717) is 0 Å². The molecule has 0 amide bonds. The number of allylic oxidation sites excluding steroid dienone is 3. The van der Waals surface area contributed by atoms with Crippen LogP contribution in [0.1, 0.15) is 6.42 Å². The molecule has 0 bridgehead atoms. The molecular formula is C8H11Cl3OTi. The Labute approximate surface area is 97.2 Å². The maximum absolute atomic E-state index is 4.97. The Hall–Kier alpha value is 1.02. The molecule has 0 aromatic heterocycles. The number of halogens is 3. The van der Waals surface area contributed by atoms with E-state index in [1.54, 1.807) is 7.11 Å². The van der Waals surface area contributed by atoms with Crippen molar-refractivity contribution in [2.75, 3.05) is 13.7 Å². The van der Waals surface area contributed by atoms with Crippen molar-refractivity contribution in [3.63, 3.8) is 0 Å². The van der Waals surface area contributed by atoms with Crippen LogP contribution in [0.25, 0.3) is 0 Å². The molecule has 1 aliphatic rings. The first kappa shape index (κ1) is 14.0. The van der Waals surface area contributed by atoms with Gasteiger partial charge in [-0.3, -0.25) is 0 Å². The number of methoxy groups -OCH3 is 1. The molecule has 0 saturated heterocycles. The van der Waals surface area contributed by atoms with Crippen LogP contribution in [-0.2, 0) is 19.4 Å². The summed E-state index contributed by atoms with van der Waals surface area (Å²) in [5.41, 5.74) is 1.36. The first-order valence-electron chi connectivity index (χ1n) is 3.69. The van der Waals surface area contributed by atoms with E-state index < -0.39 is 14.7 Å². The quantitative estimate of drug-likeness (QED) is 0.713. The molecule has 0 spiro atoms. The summed E-state index contributed by atoms with van der Waals surface area (Å²) >= 11 is -1.92. The van der Waals surface area contributed by atoms with Gasteiger partial charge in [0.15, 0.2) is 0 Å². The van der Waals surface area contributed by atoms with Crippen LogP contribution in [0.5, 0.6) is 0 Å². The Balaban J connectivity index is 0.000000310. The molecule has 0 atom stereocenters. The van der Waals surface area contributed by atoms with Crippen molar-refractivity contribution < 1.29 is 19.4 Å². The van der Waals surface area contributed by atoms with Gasteiger partial charge in [-0.2, -0.15) is 0 Å². The van der Waals surface area contributed by atoms with Crippen molar-refractivity contribution in [1.29, 1.82) is 0 Å². The van der Waals surface area contributed by atoms with Crippen molar-refractivity contribution in [2.24, 2.45) is 0 Å². The van der Waals surface area contributed by atoms with Gasteiger partial charge in [-0.05, 0) is 6.42 Å². The molecule has 13 heavy (non-hydrogen) atoms. The molecule has 0 fully saturated rings. The van der Waals surface area contributed by atoms with E-state index in [1.165, 1.54) is 5.57 Å². The van der Waals surface area contributed by atoms with Gasteiger partial charge < -0.3 is 4.74 Å². The zero-order chi connectivity index (χ0) is 10.1. The fourth-order valence-corrected chi connectivity index (χ4v) is 0.800. The van der Waals surface area contributed by atoms with Gasteiger partial charge in [-0.15, -0.1) is 0 Å². The van der Waals surface area contributed by atoms with Crippen molar-refractivity contribution in [3.05, 3.63) is 30.2 Å². The van der Waals surface area contributed by atoms with Crippen LogP contribution in [0.15, 0.2) is 23.8 Å². The van der Waals surface area contributed by atoms with Crippen molar-refractivity contribution >= 4 is 27.9 Å². The van der Waals surface area contributed by atoms with Crippen LogP contribution in [-0.4, -0.2) is 13.7 Å². The Kier molecular flexibility index (Phi) is 10.3. The van der Waals surface area contributed by atoms with E-state index in [9.17, 15) is 0 Å². The summed E-state index contributed by atoms with van der Waals surface area (Å²) in [6.07, 6.45) is 9.34. The molecule has 0 saturated carbocycles. The molecular weight excluding hydrogens is 266 g/mol. The zero-order valence-corrected chi connectivity index (χ0v) is 11.1. The monoisotopic (exact) mass is 276 g/mol. The van der Waals surface area contributed by atoms with E-state index >= 15 is 0 Å². The Morgan fingerprint density at radius 1 is 1.31 bits per heavy atom. The van der Waals surface area contributed by atoms with Gasteiger partial charge in [-0.25, -0.2) is 0 Å². The Bertz CT molecular complexity index is 177. The average Bonchev–Trinajstić information content (AvgIpc) is 2.51. The van der Waals surface area contributed by atoms with Gasteiger partial charge in [0.25, 0.3) is 0 Å². The second-order valence-corrected chi connectivity index (χ2v) is 9.99. The number of ether oxygens (including phenoxy) is 1. The first-order valence-corrected chi connectivity index (χ1v) is 10.1. The molecule has 1 rings (SSSR count). The maximum atomic E-state index is 4.97. The second kappa shape index (κ2) is 9.57. The third kappa shape index (κ3) is 10.9. The van der Waals surface area contributed by atoms with Gasteiger partial charge in [0.1, 0.15) is 0 Å². The van der Waals surface area contributed by atoms with Crippen LogP contribution in [0, 0.1) is 6.42 Å². The van der Waals surface area contributed by atoms with E-state index in [2.05, 4.69) is 12.5 Å². The molecule has 74 valence electrons. The third-order valence-corrected chi connectivity index (χ3v) is 1.33. The first-order chi connectivity index (χ1) is 6.16. The zero-order valence-electron chi connectivity index (χ0n) is 7.27. The molecule has 1 radical (unpaired) electrons. The van der Waals surface area contributed by atoms with E-state index in [4.69, 9.17) is 32.7 Å². The van der Waals surface area contributed by atoms with E-state index in [-0.39, 0.29) is 0 Å². The molecule has 0 aromatic carbocycles. The van der Waals surface area contributed by atoms with Crippen LogP contribution < -0.4 is 0 Å². The Morgan fingerprint density at radius 2 is 1.92 bits per heavy atom. The van der Waals surface area contributed by atoms with Gasteiger partial charge in [0, 0.05) is 20.1 Å². The van der Waals surface area contributed by atoms with E-state index in [0.717, 1.165) is 13.0 Å². The standard InChI is InChI=1S/C8H11O.3ClH.Ti/c1-9-7-6-8-4-2-3-5-8;;;;/h2-5H,6-7H2,1H3;3*1H;/q;;;;+3/p-3. The molecule has 0 N–H and O–H groups in total. The van der Waals surface area contributed by atoms with Crippen LogP contribution in [0.3, 0.4) is 0 Å². The van der Waals surface area contributed by atoms with Gasteiger partial charge in [0.2, 0.25) is 0 Å². The number of hydrogen-bond acceptors (Lipinski definition) is 1. The molecule has 0 unspecified atom stereocenters. The predicted molar refractivity (Wildman–Crippen MR) is 55.6 cm³/mol. The van der Waals surface area contributed by atoms with Crippen molar-refractivity contribution in [2.45, 2.75) is 6.42 Å². The summed E-state index contributed by atoms with van der Waals surface area (Å²) in [5.74, 6) is 0.